The standard InChI is InChI=1S/C20H18F2N4O2/c1-15(28-10-2-3-16-6-8-23-9-7-16)20(27,12-26-14-24-13-25-26)18-5-4-17(21)11-19(18)22/h4-9,11,13-15,27H,10,12H2,1H3/t15-,20-/m1/s1. The van der Waals surface area contributed by atoms with Gasteiger partial charge in [-0.3, -0.25) is 4.98 Å². The molecule has 2 heterocycles. The first kappa shape index (κ1) is 19.6. The Morgan fingerprint density at radius 2 is 2.00 bits per heavy atom. The second-order valence-corrected chi connectivity index (χ2v) is 6.13. The van der Waals surface area contributed by atoms with Crippen LogP contribution in [0.1, 0.15) is 18.1 Å². The van der Waals surface area contributed by atoms with Crippen LogP contribution in [0.3, 0.4) is 0 Å². The number of rotatable bonds is 6. The molecule has 8 heteroatoms. The minimum absolute atomic E-state index is 0.00592. The Bertz CT molecular complexity index is 971. The summed E-state index contributed by atoms with van der Waals surface area (Å²) < 4.78 is 34.7. The molecule has 0 saturated heterocycles. The zero-order valence-electron chi connectivity index (χ0n) is 15.1. The van der Waals surface area contributed by atoms with Gasteiger partial charge in [-0.25, -0.2) is 18.4 Å². The number of hydrogen-bond acceptors (Lipinski definition) is 5. The summed E-state index contributed by atoms with van der Waals surface area (Å²) in [5.41, 5.74) is -1.14. The highest BCUT2D eigenvalue weighted by molar-refractivity contribution is 5.32. The molecule has 2 aromatic heterocycles. The number of halogens is 2. The fraction of sp³-hybridized carbons (Fsp3) is 0.250. The number of ether oxygens (including phenoxy) is 1. The van der Waals surface area contributed by atoms with Crippen LogP contribution < -0.4 is 0 Å². The maximum Gasteiger partial charge on any atom is 0.138 e. The zero-order valence-corrected chi connectivity index (χ0v) is 15.1. The Balaban J connectivity index is 1.80. The summed E-state index contributed by atoms with van der Waals surface area (Å²) in [7, 11) is 0. The van der Waals surface area contributed by atoms with E-state index in [1.165, 1.54) is 23.4 Å². The third kappa shape index (κ3) is 4.57. The molecule has 0 spiro atoms. The maximum atomic E-state index is 14.4. The van der Waals surface area contributed by atoms with E-state index in [-0.39, 0.29) is 18.7 Å². The van der Waals surface area contributed by atoms with Gasteiger partial charge in [0.25, 0.3) is 0 Å². The van der Waals surface area contributed by atoms with E-state index in [9.17, 15) is 13.9 Å². The van der Waals surface area contributed by atoms with Crippen molar-refractivity contribution < 1.29 is 18.6 Å². The minimum Gasteiger partial charge on any atom is -0.380 e. The van der Waals surface area contributed by atoms with Gasteiger partial charge in [-0.2, -0.15) is 5.10 Å². The third-order valence-electron chi connectivity index (χ3n) is 4.26. The van der Waals surface area contributed by atoms with Crippen LogP contribution in [0, 0.1) is 23.5 Å². The summed E-state index contributed by atoms with van der Waals surface area (Å²) in [6.07, 6.45) is 5.07. The van der Waals surface area contributed by atoms with Gasteiger partial charge in [-0.05, 0) is 25.1 Å². The lowest BCUT2D eigenvalue weighted by Gasteiger charge is -2.34. The fourth-order valence-corrected chi connectivity index (χ4v) is 2.71. The average molecular weight is 384 g/mol. The lowest BCUT2D eigenvalue weighted by Crippen LogP contribution is -2.44. The molecule has 3 aromatic rings. The second kappa shape index (κ2) is 8.69. The summed E-state index contributed by atoms with van der Waals surface area (Å²) in [5, 5.41) is 15.2. The van der Waals surface area contributed by atoms with Crippen LogP contribution in [0.15, 0.2) is 55.4 Å². The molecule has 0 bridgehead atoms. The highest BCUT2D eigenvalue weighted by atomic mass is 19.1. The van der Waals surface area contributed by atoms with E-state index in [1.54, 1.807) is 31.5 Å². The van der Waals surface area contributed by atoms with Crippen molar-refractivity contribution in [2.45, 2.75) is 25.2 Å². The van der Waals surface area contributed by atoms with Crippen LogP contribution in [-0.2, 0) is 16.9 Å². The molecule has 0 amide bonds. The topological polar surface area (TPSA) is 73.1 Å². The van der Waals surface area contributed by atoms with Crippen LogP contribution in [0.25, 0.3) is 0 Å². The Morgan fingerprint density at radius 1 is 1.21 bits per heavy atom. The molecular formula is C20H18F2N4O2. The Morgan fingerprint density at radius 3 is 2.68 bits per heavy atom. The van der Waals surface area contributed by atoms with E-state index in [1.807, 2.05) is 0 Å². The second-order valence-electron chi connectivity index (χ2n) is 6.13. The third-order valence-corrected chi connectivity index (χ3v) is 4.26. The molecule has 0 fully saturated rings. The quantitative estimate of drug-likeness (QED) is 0.661. The van der Waals surface area contributed by atoms with E-state index in [4.69, 9.17) is 4.74 Å². The molecule has 0 unspecified atom stereocenters. The molecule has 2 atom stereocenters. The Hall–Kier alpha value is -3.15. The lowest BCUT2D eigenvalue weighted by molar-refractivity contribution is -0.111. The van der Waals surface area contributed by atoms with Crippen molar-refractivity contribution in [1.82, 2.24) is 19.7 Å². The molecule has 6 nitrogen and oxygen atoms in total. The highest BCUT2D eigenvalue weighted by Crippen LogP contribution is 2.31. The van der Waals surface area contributed by atoms with Crippen molar-refractivity contribution >= 4 is 0 Å². The molecule has 0 aliphatic carbocycles. The summed E-state index contributed by atoms with van der Waals surface area (Å²) in [4.78, 5) is 7.73. The normalized spacial score (nSPS) is 14.0. The van der Waals surface area contributed by atoms with E-state index < -0.39 is 23.3 Å². The van der Waals surface area contributed by atoms with Crippen LogP contribution >= 0.6 is 0 Å². The average Bonchev–Trinajstić information content (AvgIpc) is 3.18. The van der Waals surface area contributed by atoms with Gasteiger partial charge >= 0.3 is 0 Å². The van der Waals surface area contributed by atoms with Crippen LogP contribution in [0.5, 0.6) is 0 Å². The van der Waals surface area contributed by atoms with Gasteiger partial charge in [0.1, 0.15) is 36.5 Å². The molecule has 0 aliphatic rings. The van der Waals surface area contributed by atoms with E-state index in [0.29, 0.717) is 0 Å². The van der Waals surface area contributed by atoms with Crippen molar-refractivity contribution in [3.8, 4) is 11.8 Å². The number of aromatic nitrogens is 4. The highest BCUT2D eigenvalue weighted by Gasteiger charge is 2.40. The van der Waals surface area contributed by atoms with Crippen LogP contribution in [0.2, 0.25) is 0 Å². The fourth-order valence-electron chi connectivity index (χ4n) is 2.71. The Kier molecular flexibility index (Phi) is 6.09. The van der Waals surface area contributed by atoms with Gasteiger partial charge < -0.3 is 9.84 Å². The van der Waals surface area contributed by atoms with Gasteiger partial charge in [0.05, 0.1) is 12.6 Å². The van der Waals surface area contributed by atoms with Crippen LogP contribution in [-0.4, -0.2) is 37.6 Å². The largest absolute Gasteiger partial charge is 0.380 e. The van der Waals surface area contributed by atoms with Crippen molar-refractivity contribution in [1.29, 1.82) is 0 Å². The summed E-state index contributed by atoms with van der Waals surface area (Å²) >= 11 is 0. The van der Waals surface area contributed by atoms with E-state index in [0.717, 1.165) is 17.7 Å². The number of hydrogen-bond donors (Lipinski definition) is 1. The minimum atomic E-state index is -1.82. The van der Waals surface area contributed by atoms with Crippen molar-refractivity contribution in [2.75, 3.05) is 6.61 Å². The molecule has 3 rings (SSSR count). The molecule has 0 radical (unpaired) electrons. The molecule has 0 aliphatic heterocycles. The van der Waals surface area contributed by atoms with Crippen molar-refractivity contribution in [3.63, 3.8) is 0 Å². The summed E-state index contributed by atoms with van der Waals surface area (Å²) in [6, 6.07) is 6.51. The van der Waals surface area contributed by atoms with Gasteiger partial charge in [-0.15, -0.1) is 0 Å². The van der Waals surface area contributed by atoms with Gasteiger partial charge in [0.2, 0.25) is 0 Å². The van der Waals surface area contributed by atoms with Gasteiger partial charge in [0, 0.05) is 29.6 Å². The molecule has 1 N–H and O–H groups in total. The first-order chi connectivity index (χ1) is 13.5. The number of benzene rings is 1. The SMILES string of the molecule is C[C@@H](OCC#Cc1ccncc1)[C@](O)(Cn1cncn1)c1ccc(F)cc1F. The van der Waals surface area contributed by atoms with Gasteiger partial charge in [0.15, 0.2) is 0 Å². The van der Waals surface area contributed by atoms with E-state index in [2.05, 4.69) is 26.9 Å². The van der Waals surface area contributed by atoms with Crippen molar-refractivity contribution in [3.05, 3.63) is 78.1 Å². The van der Waals surface area contributed by atoms with E-state index >= 15 is 0 Å². The number of aliphatic hydroxyl groups is 1. The van der Waals surface area contributed by atoms with Gasteiger partial charge in [-0.1, -0.05) is 17.9 Å². The zero-order chi connectivity index (χ0) is 20.0. The number of nitrogens with zero attached hydrogens (tertiary/aromatic N) is 4. The molecular weight excluding hydrogens is 366 g/mol. The predicted octanol–water partition coefficient (Wildman–Crippen LogP) is 2.30. The molecule has 0 saturated carbocycles. The molecule has 1 aromatic carbocycles. The molecule has 28 heavy (non-hydrogen) atoms. The summed E-state index contributed by atoms with van der Waals surface area (Å²) in [6.45, 7) is 1.47. The lowest BCUT2D eigenvalue weighted by atomic mass is 9.88. The van der Waals surface area contributed by atoms with Crippen LogP contribution in [0.4, 0.5) is 8.78 Å². The number of pyridine rings is 1. The molecule has 144 valence electrons. The predicted molar refractivity (Wildman–Crippen MR) is 96.8 cm³/mol. The summed E-state index contributed by atoms with van der Waals surface area (Å²) in [5.74, 6) is 4.14. The monoisotopic (exact) mass is 384 g/mol. The first-order valence-electron chi connectivity index (χ1n) is 8.50. The first-order valence-corrected chi connectivity index (χ1v) is 8.50. The Labute approximate surface area is 160 Å². The smallest absolute Gasteiger partial charge is 0.138 e. The van der Waals surface area contributed by atoms with Crippen molar-refractivity contribution in [2.24, 2.45) is 0 Å². The maximum absolute atomic E-state index is 14.4.